The van der Waals surface area contributed by atoms with E-state index >= 15 is 0 Å². The summed E-state index contributed by atoms with van der Waals surface area (Å²) >= 11 is 5.43. The van der Waals surface area contributed by atoms with Crippen molar-refractivity contribution in [2.24, 2.45) is 0 Å². The zero-order valence-corrected chi connectivity index (χ0v) is 10.7. The Labute approximate surface area is 101 Å². The lowest BCUT2D eigenvalue weighted by atomic mass is 9.95. The third kappa shape index (κ3) is 4.97. The molecule has 0 radical (unpaired) electrons. The summed E-state index contributed by atoms with van der Waals surface area (Å²) in [7, 11) is -3.32. The number of aliphatic hydroxyl groups is 1. The average Bonchev–Trinajstić information content (AvgIpc) is 2.25. The van der Waals surface area contributed by atoms with E-state index < -0.39 is 15.6 Å². The highest BCUT2D eigenvalue weighted by atomic mass is 35.5. The molecule has 0 aromatic carbocycles. The molecule has 0 aromatic rings. The molecule has 1 heterocycles. The van der Waals surface area contributed by atoms with E-state index in [4.69, 9.17) is 16.3 Å². The predicted octanol–water partition coefficient (Wildman–Crippen LogP) is 0.0762. The van der Waals surface area contributed by atoms with Gasteiger partial charge in [0.15, 0.2) is 0 Å². The van der Waals surface area contributed by atoms with Crippen molar-refractivity contribution >= 4 is 21.6 Å². The molecule has 1 fully saturated rings. The first kappa shape index (κ1) is 14.2. The Kier molecular flexibility index (Phi) is 5.46. The van der Waals surface area contributed by atoms with Crippen LogP contribution in [0.5, 0.6) is 0 Å². The molecular formula is C9H18ClNO4S. The number of ether oxygens (including phenoxy) is 1. The zero-order chi connectivity index (χ0) is 12.1. The highest BCUT2D eigenvalue weighted by Gasteiger charge is 2.30. The average molecular weight is 272 g/mol. The second-order valence-corrected chi connectivity index (χ2v) is 6.32. The van der Waals surface area contributed by atoms with E-state index in [0.29, 0.717) is 38.4 Å². The van der Waals surface area contributed by atoms with Gasteiger partial charge in [0.25, 0.3) is 0 Å². The molecule has 5 nitrogen and oxygen atoms in total. The van der Waals surface area contributed by atoms with Gasteiger partial charge in [-0.3, -0.25) is 0 Å². The van der Waals surface area contributed by atoms with Gasteiger partial charge >= 0.3 is 0 Å². The molecule has 0 aromatic heterocycles. The van der Waals surface area contributed by atoms with Crippen LogP contribution in [0.25, 0.3) is 0 Å². The molecular weight excluding hydrogens is 254 g/mol. The molecule has 1 saturated heterocycles. The van der Waals surface area contributed by atoms with Crippen molar-refractivity contribution in [3.8, 4) is 0 Å². The van der Waals surface area contributed by atoms with Gasteiger partial charge in [-0.2, -0.15) is 0 Å². The summed E-state index contributed by atoms with van der Waals surface area (Å²) in [4.78, 5) is 0. The predicted molar refractivity (Wildman–Crippen MR) is 62.1 cm³/mol. The summed E-state index contributed by atoms with van der Waals surface area (Å²) in [5, 5.41) is 10.0. The summed E-state index contributed by atoms with van der Waals surface area (Å²) < 4.78 is 30.4. The van der Waals surface area contributed by atoms with E-state index in [-0.39, 0.29) is 12.3 Å². The van der Waals surface area contributed by atoms with Crippen molar-refractivity contribution in [1.29, 1.82) is 0 Å². The Bertz CT molecular complexity index is 301. The van der Waals surface area contributed by atoms with E-state index in [1.165, 1.54) is 0 Å². The highest BCUT2D eigenvalue weighted by Crippen LogP contribution is 2.19. The number of rotatable bonds is 6. The maximum atomic E-state index is 11.5. The molecule has 96 valence electrons. The molecule has 1 aliphatic rings. The third-order valence-electron chi connectivity index (χ3n) is 2.59. The van der Waals surface area contributed by atoms with Crippen molar-refractivity contribution in [3.05, 3.63) is 0 Å². The van der Waals surface area contributed by atoms with Crippen molar-refractivity contribution in [1.82, 2.24) is 4.72 Å². The second kappa shape index (κ2) is 6.16. The molecule has 0 bridgehead atoms. The normalized spacial score (nSPS) is 20.9. The summed E-state index contributed by atoms with van der Waals surface area (Å²) in [6.45, 7) is 1.00. The number of halogens is 1. The lowest BCUT2D eigenvalue weighted by Gasteiger charge is -2.31. The highest BCUT2D eigenvalue weighted by molar-refractivity contribution is 7.89. The van der Waals surface area contributed by atoms with Gasteiger partial charge in [0.05, 0.1) is 11.4 Å². The molecule has 7 heteroatoms. The number of hydrogen-bond acceptors (Lipinski definition) is 4. The first-order valence-corrected chi connectivity index (χ1v) is 7.50. The van der Waals surface area contributed by atoms with Crippen molar-refractivity contribution in [2.45, 2.75) is 24.9 Å². The summed E-state index contributed by atoms with van der Waals surface area (Å²) in [6, 6.07) is 0. The fraction of sp³-hybridized carbons (Fsp3) is 1.00. The van der Waals surface area contributed by atoms with Crippen LogP contribution in [0.15, 0.2) is 0 Å². The van der Waals surface area contributed by atoms with E-state index in [2.05, 4.69) is 4.72 Å². The van der Waals surface area contributed by atoms with Gasteiger partial charge in [0, 0.05) is 38.5 Å². The maximum Gasteiger partial charge on any atom is 0.211 e. The quantitative estimate of drug-likeness (QED) is 0.671. The van der Waals surface area contributed by atoms with Gasteiger partial charge in [-0.05, 0) is 6.42 Å². The van der Waals surface area contributed by atoms with Gasteiger partial charge < -0.3 is 9.84 Å². The summed E-state index contributed by atoms with van der Waals surface area (Å²) in [5.41, 5.74) is -0.966. The number of hydrogen-bond donors (Lipinski definition) is 2. The minimum Gasteiger partial charge on any atom is -0.388 e. The largest absolute Gasteiger partial charge is 0.388 e. The SMILES string of the molecule is O=S(=O)(CCCCl)NCC1(O)CCOCC1. The Hall–Kier alpha value is 0.120. The number of alkyl halides is 1. The minimum atomic E-state index is -3.32. The van der Waals surface area contributed by atoms with E-state index in [9.17, 15) is 13.5 Å². The maximum absolute atomic E-state index is 11.5. The lowest BCUT2D eigenvalue weighted by molar-refractivity contribution is -0.0588. The topological polar surface area (TPSA) is 75.6 Å². The Balaban J connectivity index is 2.37. The number of sulfonamides is 1. The van der Waals surface area contributed by atoms with Gasteiger partial charge in [-0.15, -0.1) is 11.6 Å². The van der Waals surface area contributed by atoms with Crippen LogP contribution in [0.4, 0.5) is 0 Å². The molecule has 0 unspecified atom stereocenters. The van der Waals surface area contributed by atoms with Crippen LogP contribution in [0.2, 0.25) is 0 Å². The van der Waals surface area contributed by atoms with Gasteiger partial charge in [0.1, 0.15) is 0 Å². The Morgan fingerprint density at radius 3 is 2.56 bits per heavy atom. The van der Waals surface area contributed by atoms with E-state index in [1.54, 1.807) is 0 Å². The standard InChI is InChI=1S/C9H18ClNO4S/c10-4-1-7-16(13,14)11-8-9(12)2-5-15-6-3-9/h11-12H,1-8H2. The van der Waals surface area contributed by atoms with E-state index in [1.807, 2.05) is 0 Å². The smallest absolute Gasteiger partial charge is 0.211 e. The Morgan fingerprint density at radius 2 is 2.00 bits per heavy atom. The second-order valence-electron chi connectivity index (χ2n) is 4.02. The van der Waals surface area contributed by atoms with Gasteiger partial charge in [0.2, 0.25) is 10.0 Å². The monoisotopic (exact) mass is 271 g/mol. The molecule has 1 aliphatic heterocycles. The van der Waals surface area contributed by atoms with Crippen LogP contribution >= 0.6 is 11.6 Å². The van der Waals surface area contributed by atoms with Gasteiger partial charge in [-0.1, -0.05) is 0 Å². The Morgan fingerprint density at radius 1 is 1.38 bits per heavy atom. The fourth-order valence-electron chi connectivity index (χ4n) is 1.49. The molecule has 0 aliphatic carbocycles. The molecule has 0 atom stereocenters. The molecule has 1 rings (SSSR count). The first-order valence-electron chi connectivity index (χ1n) is 5.31. The molecule has 2 N–H and O–H groups in total. The minimum absolute atomic E-state index is 0.00306. The molecule has 0 saturated carbocycles. The first-order chi connectivity index (χ1) is 7.47. The van der Waals surface area contributed by atoms with Crippen LogP contribution in [0.3, 0.4) is 0 Å². The van der Waals surface area contributed by atoms with Crippen LogP contribution in [0.1, 0.15) is 19.3 Å². The van der Waals surface area contributed by atoms with Crippen LogP contribution in [-0.2, 0) is 14.8 Å². The molecule has 0 amide bonds. The third-order valence-corrected chi connectivity index (χ3v) is 4.27. The fourth-order valence-corrected chi connectivity index (χ4v) is 2.94. The van der Waals surface area contributed by atoms with Crippen LogP contribution in [-0.4, -0.2) is 50.5 Å². The van der Waals surface area contributed by atoms with E-state index in [0.717, 1.165) is 0 Å². The van der Waals surface area contributed by atoms with Crippen LogP contribution < -0.4 is 4.72 Å². The molecule has 16 heavy (non-hydrogen) atoms. The van der Waals surface area contributed by atoms with Crippen molar-refractivity contribution in [3.63, 3.8) is 0 Å². The molecule has 0 spiro atoms. The van der Waals surface area contributed by atoms with Gasteiger partial charge in [-0.25, -0.2) is 13.1 Å². The lowest BCUT2D eigenvalue weighted by Crippen LogP contribution is -2.47. The summed E-state index contributed by atoms with van der Waals surface area (Å²) in [6.07, 6.45) is 1.34. The summed E-state index contributed by atoms with van der Waals surface area (Å²) in [5.74, 6) is 0.322. The van der Waals surface area contributed by atoms with Crippen molar-refractivity contribution < 1.29 is 18.3 Å². The zero-order valence-electron chi connectivity index (χ0n) is 9.12. The number of nitrogens with one attached hydrogen (secondary N) is 1. The van der Waals surface area contributed by atoms with Crippen molar-refractivity contribution in [2.75, 3.05) is 31.4 Å². The van der Waals surface area contributed by atoms with Crippen LogP contribution in [0, 0.1) is 0 Å².